The van der Waals surface area contributed by atoms with Gasteiger partial charge in [0.05, 0.1) is 0 Å². The number of nitrogens with zero attached hydrogens (tertiary/aromatic N) is 5. The van der Waals surface area contributed by atoms with Gasteiger partial charge in [-0.15, -0.1) is 22.0 Å². The molecule has 0 bridgehead atoms. The molecule has 2 amide bonds. The number of amides is 2. The third-order valence-corrected chi connectivity index (χ3v) is 7.94. The van der Waals surface area contributed by atoms with Gasteiger partial charge >= 0.3 is 5.97 Å². The van der Waals surface area contributed by atoms with Crippen LogP contribution in [0.5, 0.6) is 0 Å². The molecule has 4 N–H and O–H groups in total. The van der Waals surface area contributed by atoms with Crippen LogP contribution in [0.2, 0.25) is 0 Å². The molecule has 4 rings (SSSR count). The maximum atomic E-state index is 12.9. The van der Waals surface area contributed by atoms with Crippen molar-refractivity contribution in [2.24, 2.45) is 5.16 Å². The summed E-state index contributed by atoms with van der Waals surface area (Å²) in [5, 5.41) is 23.2. The molecule has 33 heavy (non-hydrogen) atoms. The molecule has 2 atom stereocenters. The van der Waals surface area contributed by atoms with E-state index in [2.05, 4.69) is 25.7 Å². The number of aromatic nitrogens is 3. The maximum Gasteiger partial charge on any atom is 0.352 e. The van der Waals surface area contributed by atoms with Crippen LogP contribution in [0.4, 0.5) is 5.82 Å². The Kier molecular flexibility index (Phi) is 6.80. The average molecular weight is 508 g/mol. The highest BCUT2D eigenvalue weighted by Crippen LogP contribution is 2.41. The van der Waals surface area contributed by atoms with Gasteiger partial charge < -0.3 is 21.0 Å². The summed E-state index contributed by atoms with van der Waals surface area (Å²) in [4.78, 5) is 47.7. The predicted molar refractivity (Wildman–Crippen MR) is 123 cm³/mol. The van der Waals surface area contributed by atoms with Crippen LogP contribution in [-0.2, 0) is 19.2 Å². The first-order chi connectivity index (χ1) is 15.9. The lowest BCUT2D eigenvalue weighted by Gasteiger charge is -2.49. The predicted octanol–water partition coefficient (Wildman–Crippen LogP) is 0.397. The zero-order valence-electron chi connectivity index (χ0n) is 17.0. The second kappa shape index (κ2) is 9.76. The van der Waals surface area contributed by atoms with Crippen molar-refractivity contribution in [3.63, 3.8) is 0 Å². The van der Waals surface area contributed by atoms with E-state index in [0.717, 1.165) is 0 Å². The zero-order chi connectivity index (χ0) is 23.5. The van der Waals surface area contributed by atoms with E-state index in [1.165, 1.54) is 52.9 Å². The van der Waals surface area contributed by atoms with Crippen LogP contribution in [0.25, 0.3) is 0 Å². The fourth-order valence-electron chi connectivity index (χ4n) is 3.26. The van der Waals surface area contributed by atoms with Gasteiger partial charge in [0.1, 0.15) is 41.2 Å². The number of thioether (sulfide) groups is 2. The van der Waals surface area contributed by atoms with E-state index in [-0.39, 0.29) is 22.9 Å². The quantitative estimate of drug-likeness (QED) is 0.195. The standard InChI is InChI=1S/C18H17N7O5S3/c1-30-24-11(9-3-2-4-10(19)21-9)14(26)22-12-15(27)25-13(17(28)29)8(5-31-16(12)25)6-32-18-23-20-7-33-18/h2-4,7,12,16H,5-6H2,1H3,(H2,19,21)(H,22,26)(H,28,29)/t12?,16-/m0/s1. The molecule has 1 saturated heterocycles. The summed E-state index contributed by atoms with van der Waals surface area (Å²) in [6, 6.07) is 3.77. The fourth-order valence-corrected chi connectivity index (χ4v) is 6.23. The van der Waals surface area contributed by atoms with Crippen LogP contribution in [0.3, 0.4) is 0 Å². The van der Waals surface area contributed by atoms with Crippen molar-refractivity contribution in [2.45, 2.75) is 15.8 Å². The molecule has 0 aliphatic carbocycles. The summed E-state index contributed by atoms with van der Waals surface area (Å²) in [7, 11) is 1.28. The molecule has 2 aromatic heterocycles. The molecule has 0 spiro atoms. The molecule has 172 valence electrons. The van der Waals surface area contributed by atoms with E-state index in [1.807, 2.05) is 0 Å². The summed E-state index contributed by atoms with van der Waals surface area (Å²) < 4.78 is 0.708. The summed E-state index contributed by atoms with van der Waals surface area (Å²) >= 11 is 4.08. The van der Waals surface area contributed by atoms with Crippen molar-refractivity contribution in [1.29, 1.82) is 0 Å². The Morgan fingerprint density at radius 1 is 1.45 bits per heavy atom. The van der Waals surface area contributed by atoms with Crippen LogP contribution in [0.15, 0.2) is 44.5 Å². The van der Waals surface area contributed by atoms with Crippen LogP contribution >= 0.6 is 34.9 Å². The van der Waals surface area contributed by atoms with Gasteiger partial charge in [0.2, 0.25) is 0 Å². The number of pyridine rings is 1. The van der Waals surface area contributed by atoms with Crippen molar-refractivity contribution in [3.8, 4) is 0 Å². The number of carboxylic acids is 1. The summed E-state index contributed by atoms with van der Waals surface area (Å²) in [5.41, 5.74) is 7.84. The molecule has 2 aliphatic heterocycles. The molecule has 2 aromatic rings. The number of carbonyl (C=O) groups excluding carboxylic acids is 2. The van der Waals surface area contributed by atoms with Gasteiger partial charge in [0.25, 0.3) is 11.8 Å². The number of aliphatic carboxylic acids is 1. The summed E-state index contributed by atoms with van der Waals surface area (Å²) in [5.74, 6) is -1.46. The lowest BCUT2D eigenvalue weighted by Crippen LogP contribution is -2.71. The lowest BCUT2D eigenvalue weighted by molar-refractivity contribution is -0.150. The summed E-state index contributed by atoms with van der Waals surface area (Å²) in [6.45, 7) is 0. The number of fused-ring (bicyclic) bond motifs is 1. The molecule has 0 saturated carbocycles. The molecule has 0 radical (unpaired) electrons. The van der Waals surface area contributed by atoms with Gasteiger partial charge in [-0.3, -0.25) is 14.5 Å². The van der Waals surface area contributed by atoms with Crippen molar-refractivity contribution in [1.82, 2.24) is 25.4 Å². The zero-order valence-corrected chi connectivity index (χ0v) is 19.4. The van der Waals surface area contributed by atoms with Crippen LogP contribution in [-0.4, -0.2) is 78.7 Å². The topological polar surface area (TPSA) is 173 Å². The number of oxime groups is 1. The van der Waals surface area contributed by atoms with Gasteiger partial charge in [0, 0.05) is 11.5 Å². The molecule has 4 heterocycles. The van der Waals surface area contributed by atoms with Gasteiger partial charge in [-0.05, 0) is 17.7 Å². The Balaban J connectivity index is 1.50. The van der Waals surface area contributed by atoms with E-state index in [4.69, 9.17) is 10.6 Å². The highest BCUT2D eigenvalue weighted by atomic mass is 32.2. The monoisotopic (exact) mass is 507 g/mol. The number of hydrogen-bond donors (Lipinski definition) is 3. The van der Waals surface area contributed by atoms with Gasteiger partial charge in [-0.25, -0.2) is 9.78 Å². The Bertz CT molecular complexity index is 1150. The number of nitrogen functional groups attached to an aromatic ring is 1. The lowest BCUT2D eigenvalue weighted by atomic mass is 10.0. The second-order valence-electron chi connectivity index (χ2n) is 6.68. The van der Waals surface area contributed by atoms with Crippen LogP contribution in [0, 0.1) is 0 Å². The highest BCUT2D eigenvalue weighted by molar-refractivity contribution is 8.01. The van der Waals surface area contributed by atoms with E-state index < -0.39 is 29.2 Å². The number of anilines is 1. The van der Waals surface area contributed by atoms with Gasteiger partial charge in [0.15, 0.2) is 10.1 Å². The molecule has 12 nitrogen and oxygen atoms in total. The van der Waals surface area contributed by atoms with Crippen molar-refractivity contribution in [3.05, 3.63) is 40.7 Å². The van der Waals surface area contributed by atoms with Gasteiger partial charge in [-0.1, -0.05) is 34.3 Å². The first kappa shape index (κ1) is 23.0. The van der Waals surface area contributed by atoms with Crippen LogP contribution < -0.4 is 11.1 Å². The second-order valence-corrected chi connectivity index (χ2v) is 9.84. The third kappa shape index (κ3) is 4.65. The molecule has 2 aliphatic rings. The summed E-state index contributed by atoms with van der Waals surface area (Å²) in [6.07, 6.45) is 0. The fraction of sp³-hybridized carbons (Fsp3) is 0.278. The van der Waals surface area contributed by atoms with Gasteiger partial charge in [-0.2, -0.15) is 0 Å². The number of hydrogen-bond acceptors (Lipinski definition) is 12. The smallest absolute Gasteiger partial charge is 0.352 e. The number of β-lactam (4-membered cyclic amide) rings is 1. The Morgan fingerprint density at radius 3 is 2.94 bits per heavy atom. The maximum absolute atomic E-state index is 12.9. The first-order valence-corrected chi connectivity index (χ1v) is 12.3. The highest BCUT2D eigenvalue weighted by Gasteiger charge is 2.54. The van der Waals surface area contributed by atoms with E-state index in [1.54, 1.807) is 17.6 Å². The van der Waals surface area contributed by atoms with Crippen molar-refractivity contribution in [2.75, 3.05) is 24.3 Å². The minimum atomic E-state index is -1.20. The first-order valence-electron chi connectivity index (χ1n) is 9.34. The number of nitrogens with two attached hydrogens (primary N) is 1. The third-order valence-electron chi connectivity index (χ3n) is 4.66. The largest absolute Gasteiger partial charge is 0.477 e. The Hall–Kier alpha value is -3.17. The number of carboxylic acid groups (broad SMARTS) is 1. The van der Waals surface area contributed by atoms with E-state index in [9.17, 15) is 19.5 Å². The molecule has 15 heteroatoms. The molecular weight excluding hydrogens is 490 g/mol. The van der Waals surface area contributed by atoms with Crippen molar-refractivity contribution < 1.29 is 24.3 Å². The van der Waals surface area contributed by atoms with Crippen molar-refractivity contribution >= 4 is 64.2 Å². The number of nitrogens with one attached hydrogen (secondary N) is 1. The molecule has 1 fully saturated rings. The number of rotatable bonds is 8. The molecule has 1 unspecified atom stereocenters. The molecule has 0 aromatic carbocycles. The SMILES string of the molecule is CON=C(C(=O)NC1C(=O)N2C(C(=O)O)=C(CSc3nncs3)CS[C@@H]12)c1cccc(N)n1. The minimum Gasteiger partial charge on any atom is -0.477 e. The minimum absolute atomic E-state index is 0.0606. The Morgan fingerprint density at radius 2 is 2.27 bits per heavy atom. The average Bonchev–Trinajstić information content (AvgIpc) is 3.32. The van der Waals surface area contributed by atoms with Crippen LogP contribution in [0.1, 0.15) is 5.69 Å². The molecular formula is C18H17N7O5S3. The van der Waals surface area contributed by atoms with E-state index >= 15 is 0 Å². The number of carbonyl (C=O) groups is 3. The Labute approximate surface area is 199 Å². The van der Waals surface area contributed by atoms with E-state index in [0.29, 0.717) is 21.4 Å². The normalized spacial score (nSPS) is 20.2.